The maximum Gasteiger partial charge on any atom is 0.303 e. The predicted octanol–water partition coefficient (Wildman–Crippen LogP) is 0.992. The van der Waals surface area contributed by atoms with Crippen LogP contribution in [-0.4, -0.2) is 29.1 Å². The third kappa shape index (κ3) is 1.84. The van der Waals surface area contributed by atoms with E-state index >= 15 is 0 Å². The number of hydrogen-bond acceptors (Lipinski definition) is 3. The maximum atomic E-state index is 10.4. The number of pyridine rings is 1. The lowest BCUT2D eigenvalue weighted by Crippen LogP contribution is -2.47. The van der Waals surface area contributed by atoms with Crippen LogP contribution in [0.1, 0.15) is 6.42 Å². The largest absolute Gasteiger partial charge is 0.481 e. The normalized spacial score (nSPS) is 16.4. The van der Waals surface area contributed by atoms with Crippen molar-refractivity contribution in [3.63, 3.8) is 0 Å². The summed E-state index contributed by atoms with van der Waals surface area (Å²) in [6.45, 7) is 1.62. The molecule has 1 aliphatic rings. The van der Waals surface area contributed by atoms with E-state index < -0.39 is 5.97 Å². The number of rotatable bonds is 3. The van der Waals surface area contributed by atoms with Gasteiger partial charge in [0.05, 0.1) is 6.42 Å². The van der Waals surface area contributed by atoms with Crippen LogP contribution in [0, 0.1) is 5.92 Å². The number of aliphatic carboxylic acids is 1. The molecule has 4 heteroatoms. The molecule has 2 heterocycles. The van der Waals surface area contributed by atoms with Crippen molar-refractivity contribution < 1.29 is 9.90 Å². The van der Waals surface area contributed by atoms with Crippen molar-refractivity contribution in [1.82, 2.24) is 4.98 Å². The van der Waals surface area contributed by atoms with Gasteiger partial charge in [0.2, 0.25) is 0 Å². The van der Waals surface area contributed by atoms with Gasteiger partial charge < -0.3 is 10.0 Å². The summed E-state index contributed by atoms with van der Waals surface area (Å²) in [6.07, 6.45) is 2.02. The minimum atomic E-state index is -0.712. The maximum absolute atomic E-state index is 10.4. The van der Waals surface area contributed by atoms with Gasteiger partial charge in [0.25, 0.3) is 0 Å². The number of carboxylic acids is 1. The lowest BCUT2D eigenvalue weighted by molar-refractivity contribution is -0.138. The number of aromatic nitrogens is 1. The summed E-state index contributed by atoms with van der Waals surface area (Å²) in [6, 6.07) is 5.75. The molecule has 0 spiro atoms. The van der Waals surface area contributed by atoms with E-state index in [0.29, 0.717) is 0 Å². The molecular formula is C10H12N2O2. The highest BCUT2D eigenvalue weighted by Crippen LogP contribution is 2.24. The topological polar surface area (TPSA) is 53.4 Å². The highest BCUT2D eigenvalue weighted by atomic mass is 16.4. The van der Waals surface area contributed by atoms with Crippen molar-refractivity contribution in [3.05, 3.63) is 24.4 Å². The van der Waals surface area contributed by atoms with Crippen molar-refractivity contribution in [2.75, 3.05) is 18.0 Å². The molecule has 0 aliphatic carbocycles. The minimum absolute atomic E-state index is 0.267. The Morgan fingerprint density at radius 3 is 2.93 bits per heavy atom. The molecule has 1 aliphatic heterocycles. The zero-order chi connectivity index (χ0) is 9.97. The highest BCUT2D eigenvalue weighted by molar-refractivity contribution is 5.67. The van der Waals surface area contributed by atoms with E-state index in [1.165, 1.54) is 0 Å². The van der Waals surface area contributed by atoms with Crippen LogP contribution in [0.2, 0.25) is 0 Å². The third-order valence-corrected chi connectivity index (χ3v) is 2.39. The zero-order valence-electron chi connectivity index (χ0n) is 7.76. The monoisotopic (exact) mass is 192 g/mol. The SMILES string of the molecule is O=C(O)CC1CN(c2ccccn2)C1. The summed E-state index contributed by atoms with van der Waals surface area (Å²) in [7, 11) is 0. The quantitative estimate of drug-likeness (QED) is 0.776. The smallest absolute Gasteiger partial charge is 0.303 e. The first kappa shape index (κ1) is 8.99. The van der Waals surface area contributed by atoms with Crippen molar-refractivity contribution in [1.29, 1.82) is 0 Å². The van der Waals surface area contributed by atoms with Crippen LogP contribution >= 0.6 is 0 Å². The molecule has 2 rings (SSSR count). The second-order valence-corrected chi connectivity index (χ2v) is 3.56. The van der Waals surface area contributed by atoms with Crippen molar-refractivity contribution in [2.24, 2.45) is 5.92 Å². The summed E-state index contributed by atoms with van der Waals surface area (Å²) >= 11 is 0. The van der Waals surface area contributed by atoms with Gasteiger partial charge in [-0.3, -0.25) is 4.79 Å². The molecule has 1 N–H and O–H groups in total. The molecule has 74 valence electrons. The average molecular weight is 192 g/mol. The molecule has 1 fully saturated rings. The number of carbonyl (C=O) groups is 1. The molecule has 4 nitrogen and oxygen atoms in total. The minimum Gasteiger partial charge on any atom is -0.481 e. The Morgan fingerprint density at radius 1 is 1.57 bits per heavy atom. The van der Waals surface area contributed by atoms with Crippen LogP contribution < -0.4 is 4.90 Å². The van der Waals surface area contributed by atoms with Gasteiger partial charge in [-0.25, -0.2) is 4.98 Å². The second kappa shape index (κ2) is 3.65. The Balaban J connectivity index is 1.86. The Bertz CT molecular complexity index is 320. The molecular weight excluding hydrogens is 180 g/mol. The summed E-state index contributed by atoms with van der Waals surface area (Å²) in [5, 5.41) is 8.57. The molecule has 0 radical (unpaired) electrons. The molecule has 1 aromatic heterocycles. The van der Waals surface area contributed by atoms with E-state index in [1.54, 1.807) is 6.20 Å². The summed E-state index contributed by atoms with van der Waals surface area (Å²) in [5.74, 6) is 0.513. The van der Waals surface area contributed by atoms with E-state index in [4.69, 9.17) is 5.11 Å². The average Bonchev–Trinajstić information content (AvgIpc) is 2.12. The van der Waals surface area contributed by atoms with Gasteiger partial charge in [-0.1, -0.05) is 6.07 Å². The lowest BCUT2D eigenvalue weighted by Gasteiger charge is -2.39. The molecule has 0 atom stereocenters. The van der Waals surface area contributed by atoms with Gasteiger partial charge in [0.1, 0.15) is 5.82 Å². The predicted molar refractivity (Wildman–Crippen MR) is 52.2 cm³/mol. The first-order valence-corrected chi connectivity index (χ1v) is 4.63. The fourth-order valence-corrected chi connectivity index (χ4v) is 1.67. The first-order chi connectivity index (χ1) is 6.75. The van der Waals surface area contributed by atoms with E-state index in [2.05, 4.69) is 9.88 Å². The van der Waals surface area contributed by atoms with E-state index in [0.717, 1.165) is 18.9 Å². The summed E-state index contributed by atoms with van der Waals surface area (Å²) in [5.41, 5.74) is 0. The number of nitrogens with zero attached hydrogens (tertiary/aromatic N) is 2. The number of carboxylic acid groups (broad SMARTS) is 1. The number of anilines is 1. The van der Waals surface area contributed by atoms with Crippen LogP contribution in [0.3, 0.4) is 0 Å². The first-order valence-electron chi connectivity index (χ1n) is 4.63. The van der Waals surface area contributed by atoms with Gasteiger partial charge in [0, 0.05) is 25.2 Å². The van der Waals surface area contributed by atoms with Gasteiger partial charge in [-0.05, 0) is 12.1 Å². The molecule has 0 aromatic carbocycles. The molecule has 14 heavy (non-hydrogen) atoms. The fraction of sp³-hybridized carbons (Fsp3) is 0.400. The molecule has 1 saturated heterocycles. The van der Waals surface area contributed by atoms with Crippen LogP contribution in [0.4, 0.5) is 5.82 Å². The van der Waals surface area contributed by atoms with Crippen LogP contribution in [0.25, 0.3) is 0 Å². The molecule has 0 saturated carbocycles. The van der Waals surface area contributed by atoms with Crippen molar-refractivity contribution in [2.45, 2.75) is 6.42 Å². The zero-order valence-corrected chi connectivity index (χ0v) is 7.76. The van der Waals surface area contributed by atoms with E-state index in [-0.39, 0.29) is 12.3 Å². The second-order valence-electron chi connectivity index (χ2n) is 3.56. The van der Waals surface area contributed by atoms with Gasteiger partial charge in [-0.2, -0.15) is 0 Å². The molecule has 0 unspecified atom stereocenters. The van der Waals surface area contributed by atoms with Gasteiger partial charge in [0.15, 0.2) is 0 Å². The van der Waals surface area contributed by atoms with Crippen molar-refractivity contribution in [3.8, 4) is 0 Å². The standard InChI is InChI=1S/C10H12N2O2/c13-10(14)5-8-6-12(7-8)9-3-1-2-4-11-9/h1-4,8H,5-7H2,(H,13,14). The van der Waals surface area contributed by atoms with E-state index in [1.807, 2.05) is 18.2 Å². The molecule has 0 amide bonds. The summed E-state index contributed by atoms with van der Waals surface area (Å²) in [4.78, 5) is 16.7. The lowest BCUT2D eigenvalue weighted by atomic mass is 9.96. The van der Waals surface area contributed by atoms with Crippen LogP contribution in [0.15, 0.2) is 24.4 Å². The number of hydrogen-bond donors (Lipinski definition) is 1. The fourth-order valence-electron chi connectivity index (χ4n) is 1.67. The van der Waals surface area contributed by atoms with Gasteiger partial charge in [-0.15, -0.1) is 0 Å². The highest BCUT2D eigenvalue weighted by Gasteiger charge is 2.29. The summed E-state index contributed by atoms with van der Waals surface area (Å²) < 4.78 is 0. The Kier molecular flexibility index (Phi) is 2.35. The Hall–Kier alpha value is -1.58. The van der Waals surface area contributed by atoms with Crippen molar-refractivity contribution >= 4 is 11.8 Å². The van der Waals surface area contributed by atoms with E-state index in [9.17, 15) is 4.79 Å². The third-order valence-electron chi connectivity index (χ3n) is 2.39. The van der Waals surface area contributed by atoms with Crippen LogP contribution in [0.5, 0.6) is 0 Å². The Morgan fingerprint density at radius 2 is 2.36 bits per heavy atom. The van der Waals surface area contributed by atoms with Gasteiger partial charge >= 0.3 is 5.97 Å². The Labute approximate surface area is 82.2 Å². The van der Waals surface area contributed by atoms with Crippen LogP contribution in [-0.2, 0) is 4.79 Å². The molecule has 0 bridgehead atoms. The molecule has 1 aromatic rings.